The van der Waals surface area contributed by atoms with Crippen LogP contribution in [0.15, 0.2) is 16.6 Å². The lowest BCUT2D eigenvalue weighted by Gasteiger charge is -2.07. The summed E-state index contributed by atoms with van der Waals surface area (Å²) in [6.45, 7) is 0. The Hall–Kier alpha value is -0.740. The van der Waals surface area contributed by atoms with E-state index < -0.39 is 5.97 Å². The maximum absolute atomic E-state index is 10.4. The Labute approximate surface area is 82.3 Å². The Morgan fingerprint density at radius 1 is 1.58 bits per heavy atom. The second kappa shape index (κ2) is 3.33. The summed E-state index contributed by atoms with van der Waals surface area (Å²) in [6, 6.07) is 2.67. The lowest BCUT2D eigenvalue weighted by atomic mass is 10.2. The number of halogens is 2. The molecule has 0 fully saturated rings. The molecule has 0 spiro atoms. The van der Waals surface area contributed by atoms with Gasteiger partial charge in [0.1, 0.15) is 0 Å². The van der Waals surface area contributed by atoms with Gasteiger partial charge in [-0.1, -0.05) is 11.6 Å². The molecule has 5 heteroatoms. The molecule has 0 bridgehead atoms. The summed E-state index contributed by atoms with van der Waals surface area (Å²) in [6.07, 6.45) is 0. The van der Waals surface area contributed by atoms with E-state index in [9.17, 15) is 9.90 Å². The molecule has 0 aliphatic heterocycles. The van der Waals surface area contributed by atoms with Crippen LogP contribution < -0.4 is 10.8 Å². The zero-order chi connectivity index (χ0) is 9.30. The number of rotatable bonds is 1. The van der Waals surface area contributed by atoms with Crippen molar-refractivity contribution in [3.05, 3.63) is 27.2 Å². The Morgan fingerprint density at radius 2 is 2.17 bits per heavy atom. The first-order valence-corrected chi connectivity index (χ1v) is 4.15. The van der Waals surface area contributed by atoms with Crippen LogP contribution in [0.5, 0.6) is 0 Å². The molecule has 2 N–H and O–H groups in total. The van der Waals surface area contributed by atoms with Gasteiger partial charge in [-0.15, -0.1) is 0 Å². The van der Waals surface area contributed by atoms with Gasteiger partial charge in [0.25, 0.3) is 0 Å². The predicted molar refractivity (Wildman–Crippen MR) is 47.9 cm³/mol. The van der Waals surface area contributed by atoms with E-state index >= 15 is 0 Å². The molecule has 1 rings (SSSR count). The van der Waals surface area contributed by atoms with Crippen LogP contribution in [-0.2, 0) is 0 Å². The van der Waals surface area contributed by atoms with Crippen LogP contribution in [0.4, 0.5) is 5.69 Å². The molecule has 0 saturated heterocycles. The van der Waals surface area contributed by atoms with Crippen LogP contribution >= 0.6 is 27.5 Å². The number of carbonyl (C=O) groups excluding carboxylic acids is 1. The number of nitrogen functional groups attached to an aromatic ring is 1. The molecule has 64 valence electrons. The molecule has 12 heavy (non-hydrogen) atoms. The number of carbonyl (C=O) groups is 1. The van der Waals surface area contributed by atoms with E-state index in [-0.39, 0.29) is 11.3 Å². The van der Waals surface area contributed by atoms with E-state index in [1.54, 1.807) is 0 Å². The molecular weight excluding hydrogens is 245 g/mol. The molecular formula is C7H4BrClNO2-. The SMILES string of the molecule is Nc1cc(Br)c(Cl)cc1C(=O)[O-]. The molecule has 1 aromatic rings. The molecule has 0 saturated carbocycles. The molecule has 0 aliphatic rings. The molecule has 0 aromatic heterocycles. The number of carboxylic acids is 1. The normalized spacial score (nSPS) is 9.83. The van der Waals surface area contributed by atoms with Crippen LogP contribution in [-0.4, -0.2) is 5.97 Å². The van der Waals surface area contributed by atoms with Gasteiger partial charge < -0.3 is 15.6 Å². The van der Waals surface area contributed by atoms with Crippen molar-refractivity contribution >= 4 is 39.2 Å². The maximum atomic E-state index is 10.4. The average Bonchev–Trinajstić information content (AvgIpc) is 1.96. The van der Waals surface area contributed by atoms with Crippen molar-refractivity contribution in [1.29, 1.82) is 0 Å². The van der Waals surface area contributed by atoms with Crippen LogP contribution in [0.3, 0.4) is 0 Å². The molecule has 0 amide bonds. The fraction of sp³-hybridized carbons (Fsp3) is 0. The summed E-state index contributed by atoms with van der Waals surface area (Å²) in [5.74, 6) is -1.33. The number of aromatic carboxylic acids is 1. The highest BCUT2D eigenvalue weighted by molar-refractivity contribution is 9.10. The number of hydrogen-bond acceptors (Lipinski definition) is 3. The molecule has 0 radical (unpaired) electrons. The molecule has 0 unspecified atom stereocenters. The highest BCUT2D eigenvalue weighted by Gasteiger charge is 2.04. The zero-order valence-electron chi connectivity index (χ0n) is 5.80. The van der Waals surface area contributed by atoms with Gasteiger partial charge in [0, 0.05) is 15.7 Å². The molecule has 0 atom stereocenters. The quantitative estimate of drug-likeness (QED) is 0.757. The zero-order valence-corrected chi connectivity index (χ0v) is 8.15. The minimum Gasteiger partial charge on any atom is -0.545 e. The molecule has 0 heterocycles. The van der Waals surface area contributed by atoms with Crippen molar-refractivity contribution in [3.8, 4) is 0 Å². The third kappa shape index (κ3) is 1.70. The Morgan fingerprint density at radius 3 is 2.67 bits per heavy atom. The van der Waals surface area contributed by atoms with E-state index in [0.717, 1.165) is 0 Å². The van der Waals surface area contributed by atoms with Crippen LogP contribution in [0, 0.1) is 0 Å². The van der Waals surface area contributed by atoms with E-state index in [4.69, 9.17) is 17.3 Å². The number of benzene rings is 1. The first-order chi connectivity index (χ1) is 5.52. The second-order valence-electron chi connectivity index (χ2n) is 2.14. The van der Waals surface area contributed by atoms with Gasteiger partial charge in [0.2, 0.25) is 0 Å². The van der Waals surface area contributed by atoms with Gasteiger partial charge in [0.05, 0.1) is 11.0 Å². The van der Waals surface area contributed by atoms with Crippen LogP contribution in [0.25, 0.3) is 0 Å². The Kier molecular flexibility index (Phi) is 2.59. The highest BCUT2D eigenvalue weighted by Crippen LogP contribution is 2.27. The van der Waals surface area contributed by atoms with Gasteiger partial charge >= 0.3 is 0 Å². The number of anilines is 1. The topological polar surface area (TPSA) is 66.2 Å². The molecule has 1 aromatic carbocycles. The van der Waals surface area contributed by atoms with Gasteiger partial charge in [-0.25, -0.2) is 0 Å². The Balaban J connectivity index is 3.33. The lowest BCUT2D eigenvalue weighted by molar-refractivity contribution is -0.254. The van der Waals surface area contributed by atoms with Crippen LogP contribution in [0.2, 0.25) is 5.02 Å². The third-order valence-corrected chi connectivity index (χ3v) is 2.51. The fourth-order valence-electron chi connectivity index (χ4n) is 0.739. The Bertz CT molecular complexity index is 340. The summed E-state index contributed by atoms with van der Waals surface area (Å²) < 4.78 is 0.562. The highest BCUT2D eigenvalue weighted by atomic mass is 79.9. The van der Waals surface area contributed by atoms with Crippen molar-refractivity contribution in [2.24, 2.45) is 0 Å². The summed E-state index contributed by atoms with van der Waals surface area (Å²) in [5.41, 5.74) is 5.42. The minimum absolute atomic E-state index is 0.0943. The van der Waals surface area contributed by atoms with E-state index in [2.05, 4.69) is 15.9 Å². The molecule has 3 nitrogen and oxygen atoms in total. The first-order valence-electron chi connectivity index (χ1n) is 2.98. The van der Waals surface area contributed by atoms with Gasteiger partial charge in [0.15, 0.2) is 0 Å². The second-order valence-corrected chi connectivity index (χ2v) is 3.40. The summed E-state index contributed by atoms with van der Waals surface area (Å²) in [7, 11) is 0. The van der Waals surface area contributed by atoms with Gasteiger partial charge in [-0.3, -0.25) is 0 Å². The largest absolute Gasteiger partial charge is 0.545 e. The first kappa shape index (κ1) is 9.35. The number of hydrogen-bond donors (Lipinski definition) is 1. The predicted octanol–water partition coefficient (Wildman–Crippen LogP) is 1.05. The molecule has 0 aliphatic carbocycles. The minimum atomic E-state index is -1.33. The van der Waals surface area contributed by atoms with Crippen molar-refractivity contribution < 1.29 is 9.90 Å². The number of carboxylic acid groups (broad SMARTS) is 1. The van der Waals surface area contributed by atoms with Crippen LogP contribution in [0.1, 0.15) is 10.4 Å². The van der Waals surface area contributed by atoms with Crippen molar-refractivity contribution in [2.75, 3.05) is 5.73 Å². The smallest absolute Gasteiger partial charge is 0.0736 e. The van der Waals surface area contributed by atoms with Crippen molar-refractivity contribution in [1.82, 2.24) is 0 Å². The maximum Gasteiger partial charge on any atom is 0.0736 e. The lowest BCUT2D eigenvalue weighted by Crippen LogP contribution is -2.23. The summed E-state index contributed by atoms with van der Waals surface area (Å²) in [4.78, 5) is 10.4. The van der Waals surface area contributed by atoms with E-state index in [0.29, 0.717) is 9.50 Å². The van der Waals surface area contributed by atoms with Crippen molar-refractivity contribution in [2.45, 2.75) is 0 Å². The van der Waals surface area contributed by atoms with E-state index in [1.807, 2.05) is 0 Å². The van der Waals surface area contributed by atoms with Gasteiger partial charge in [-0.2, -0.15) is 0 Å². The summed E-state index contributed by atoms with van der Waals surface area (Å²) >= 11 is 8.74. The van der Waals surface area contributed by atoms with Gasteiger partial charge in [-0.05, 0) is 28.1 Å². The standard InChI is InChI=1S/C7H5BrClNO2/c8-4-2-6(10)3(7(11)12)1-5(4)9/h1-2H,10H2,(H,11,12)/p-1. The fourth-order valence-corrected chi connectivity index (χ4v) is 1.26. The summed E-state index contributed by atoms with van der Waals surface area (Å²) in [5, 5.41) is 10.7. The van der Waals surface area contributed by atoms with E-state index in [1.165, 1.54) is 12.1 Å². The van der Waals surface area contributed by atoms with Crippen molar-refractivity contribution in [3.63, 3.8) is 0 Å². The third-order valence-electron chi connectivity index (χ3n) is 1.31. The average molecular weight is 249 g/mol. The monoisotopic (exact) mass is 248 g/mol. The number of nitrogens with two attached hydrogens (primary N) is 1.